The van der Waals surface area contributed by atoms with Gasteiger partial charge in [0.2, 0.25) is 5.82 Å². The molecule has 0 saturated heterocycles. The maximum Gasteiger partial charge on any atom is 0.451 e. The van der Waals surface area contributed by atoms with Gasteiger partial charge in [0.25, 0.3) is 0 Å². The van der Waals surface area contributed by atoms with Crippen LogP contribution in [-0.2, 0) is 6.18 Å². The van der Waals surface area contributed by atoms with Gasteiger partial charge in [-0.3, -0.25) is 0 Å². The van der Waals surface area contributed by atoms with Crippen molar-refractivity contribution >= 4 is 11.6 Å². The van der Waals surface area contributed by atoms with E-state index in [1.807, 2.05) is 13.8 Å². The second kappa shape index (κ2) is 4.77. The monoisotopic (exact) mass is 248 g/mol. The van der Waals surface area contributed by atoms with E-state index in [2.05, 4.69) is 15.3 Å². The molecule has 4 nitrogen and oxygen atoms in total. The van der Waals surface area contributed by atoms with Gasteiger partial charge in [0.15, 0.2) is 0 Å². The average molecular weight is 248 g/mol. The van der Waals surface area contributed by atoms with E-state index in [-0.39, 0.29) is 17.7 Å². The molecular weight excluding hydrogens is 233 g/mol. The van der Waals surface area contributed by atoms with E-state index in [0.29, 0.717) is 0 Å². The Hall–Kier alpha value is -1.53. The Morgan fingerprint density at radius 1 is 1.29 bits per heavy atom. The predicted octanol–water partition coefficient (Wildman–Crippen LogP) is 2.38. The first-order valence-electron chi connectivity index (χ1n) is 5.12. The van der Waals surface area contributed by atoms with Crippen molar-refractivity contribution in [1.29, 1.82) is 0 Å². The highest BCUT2D eigenvalue weighted by atomic mass is 19.4. The lowest BCUT2D eigenvalue weighted by atomic mass is 10.3. The molecule has 0 atom stereocenters. The fourth-order valence-electron chi connectivity index (χ4n) is 1.13. The molecule has 1 aromatic rings. The fraction of sp³-hybridized carbons (Fsp3) is 0.600. The molecule has 0 aromatic carbocycles. The molecule has 7 heteroatoms. The highest BCUT2D eigenvalue weighted by molar-refractivity contribution is 5.49. The maximum absolute atomic E-state index is 12.6. The van der Waals surface area contributed by atoms with E-state index >= 15 is 0 Å². The number of alkyl halides is 3. The molecule has 0 aliphatic rings. The lowest BCUT2D eigenvalue weighted by Gasteiger charge is -2.23. The Bertz CT molecular complexity index is 390. The summed E-state index contributed by atoms with van der Waals surface area (Å²) in [5.74, 6) is -0.742. The van der Waals surface area contributed by atoms with Crippen LogP contribution in [0.1, 0.15) is 19.7 Å². The number of hydrogen-bond acceptors (Lipinski definition) is 4. The van der Waals surface area contributed by atoms with Crippen LogP contribution in [0.25, 0.3) is 0 Å². The van der Waals surface area contributed by atoms with Gasteiger partial charge in [0, 0.05) is 26.2 Å². The molecule has 0 aliphatic heterocycles. The molecule has 1 heterocycles. The van der Waals surface area contributed by atoms with Gasteiger partial charge >= 0.3 is 6.18 Å². The van der Waals surface area contributed by atoms with Crippen LogP contribution in [0, 0.1) is 0 Å². The molecule has 0 spiro atoms. The quantitative estimate of drug-likeness (QED) is 0.891. The van der Waals surface area contributed by atoms with Gasteiger partial charge in [-0.05, 0) is 13.8 Å². The van der Waals surface area contributed by atoms with Crippen molar-refractivity contribution in [2.45, 2.75) is 26.1 Å². The Labute approximate surface area is 97.9 Å². The molecular formula is C10H15F3N4. The van der Waals surface area contributed by atoms with Crippen LogP contribution in [0.2, 0.25) is 0 Å². The summed E-state index contributed by atoms with van der Waals surface area (Å²) in [6.07, 6.45) is -4.54. The Balaban J connectivity index is 3.23. The summed E-state index contributed by atoms with van der Waals surface area (Å²) < 4.78 is 37.7. The van der Waals surface area contributed by atoms with Crippen LogP contribution in [0.15, 0.2) is 6.07 Å². The topological polar surface area (TPSA) is 41.0 Å². The molecule has 0 saturated carbocycles. The first-order chi connectivity index (χ1) is 7.75. The van der Waals surface area contributed by atoms with Gasteiger partial charge in [-0.15, -0.1) is 0 Å². The Morgan fingerprint density at radius 3 is 2.29 bits per heavy atom. The molecule has 0 bridgehead atoms. The third kappa shape index (κ3) is 3.21. The Kier molecular flexibility index (Phi) is 3.79. The van der Waals surface area contributed by atoms with Crippen molar-refractivity contribution in [2.75, 3.05) is 24.3 Å². The Morgan fingerprint density at radius 2 is 1.88 bits per heavy atom. The standard InChI is InChI=1S/C10H15F3N4/c1-6(2)17(4)8-5-7(14-3)15-9(16-8)10(11,12)13/h5-6H,1-4H3,(H,14,15,16). The zero-order chi connectivity index (χ0) is 13.2. The molecule has 17 heavy (non-hydrogen) atoms. The number of aromatic nitrogens is 2. The third-order valence-electron chi connectivity index (χ3n) is 2.36. The number of rotatable bonds is 3. The van der Waals surface area contributed by atoms with E-state index in [1.54, 1.807) is 11.9 Å². The minimum Gasteiger partial charge on any atom is -0.373 e. The van der Waals surface area contributed by atoms with Gasteiger partial charge in [-0.1, -0.05) is 0 Å². The molecule has 1 N–H and O–H groups in total. The fourth-order valence-corrected chi connectivity index (χ4v) is 1.13. The van der Waals surface area contributed by atoms with Gasteiger partial charge < -0.3 is 10.2 Å². The van der Waals surface area contributed by atoms with Gasteiger partial charge in [-0.25, -0.2) is 9.97 Å². The van der Waals surface area contributed by atoms with E-state index in [0.717, 1.165) is 0 Å². The number of nitrogens with zero attached hydrogens (tertiary/aromatic N) is 3. The highest BCUT2D eigenvalue weighted by Gasteiger charge is 2.35. The van der Waals surface area contributed by atoms with Gasteiger partial charge in [0.1, 0.15) is 11.6 Å². The summed E-state index contributed by atoms with van der Waals surface area (Å²) in [5, 5.41) is 2.60. The van der Waals surface area contributed by atoms with E-state index < -0.39 is 12.0 Å². The number of nitrogens with one attached hydrogen (secondary N) is 1. The summed E-state index contributed by atoms with van der Waals surface area (Å²) in [5.41, 5.74) is 0. The van der Waals surface area contributed by atoms with Gasteiger partial charge in [0.05, 0.1) is 0 Å². The lowest BCUT2D eigenvalue weighted by Crippen LogP contribution is -2.28. The second-order valence-electron chi connectivity index (χ2n) is 3.89. The van der Waals surface area contributed by atoms with Gasteiger partial charge in [-0.2, -0.15) is 13.2 Å². The van der Waals surface area contributed by atoms with E-state index in [1.165, 1.54) is 13.1 Å². The lowest BCUT2D eigenvalue weighted by molar-refractivity contribution is -0.144. The smallest absolute Gasteiger partial charge is 0.373 e. The zero-order valence-corrected chi connectivity index (χ0v) is 10.1. The van der Waals surface area contributed by atoms with Crippen LogP contribution < -0.4 is 10.2 Å². The largest absolute Gasteiger partial charge is 0.451 e. The minimum atomic E-state index is -4.54. The molecule has 0 aliphatic carbocycles. The summed E-state index contributed by atoms with van der Waals surface area (Å²) in [7, 11) is 3.20. The summed E-state index contributed by atoms with van der Waals surface area (Å²) in [6, 6.07) is 1.53. The second-order valence-corrected chi connectivity index (χ2v) is 3.89. The zero-order valence-electron chi connectivity index (χ0n) is 10.1. The summed E-state index contributed by atoms with van der Waals surface area (Å²) in [6.45, 7) is 3.74. The predicted molar refractivity (Wildman–Crippen MR) is 60.1 cm³/mol. The molecule has 0 radical (unpaired) electrons. The number of hydrogen-bond donors (Lipinski definition) is 1. The van der Waals surface area contributed by atoms with E-state index in [9.17, 15) is 13.2 Å². The first-order valence-corrected chi connectivity index (χ1v) is 5.12. The van der Waals surface area contributed by atoms with Crippen LogP contribution in [-0.4, -0.2) is 30.1 Å². The molecule has 0 fully saturated rings. The van der Waals surface area contributed by atoms with Crippen LogP contribution >= 0.6 is 0 Å². The molecule has 1 rings (SSSR count). The van der Waals surface area contributed by atoms with E-state index in [4.69, 9.17) is 0 Å². The van der Waals surface area contributed by atoms with Crippen molar-refractivity contribution < 1.29 is 13.2 Å². The normalized spacial score (nSPS) is 11.8. The van der Waals surface area contributed by atoms with Crippen LogP contribution in [0.4, 0.5) is 24.8 Å². The van der Waals surface area contributed by atoms with Crippen LogP contribution in [0.3, 0.4) is 0 Å². The average Bonchev–Trinajstić information content (AvgIpc) is 2.26. The maximum atomic E-state index is 12.6. The highest BCUT2D eigenvalue weighted by Crippen LogP contribution is 2.29. The van der Waals surface area contributed by atoms with Crippen molar-refractivity contribution in [3.05, 3.63) is 11.9 Å². The molecule has 1 aromatic heterocycles. The summed E-state index contributed by atoms with van der Waals surface area (Å²) in [4.78, 5) is 8.57. The SMILES string of the molecule is CNc1cc(N(C)C(C)C)nc(C(F)(F)F)n1. The van der Waals surface area contributed by atoms with Crippen LogP contribution in [0.5, 0.6) is 0 Å². The first kappa shape index (κ1) is 13.5. The minimum absolute atomic E-state index is 0.0516. The van der Waals surface area contributed by atoms with Crippen molar-refractivity contribution in [3.8, 4) is 0 Å². The third-order valence-corrected chi connectivity index (χ3v) is 2.36. The van der Waals surface area contributed by atoms with Crippen molar-refractivity contribution in [1.82, 2.24) is 9.97 Å². The summed E-state index contributed by atoms with van der Waals surface area (Å²) >= 11 is 0. The van der Waals surface area contributed by atoms with Crippen molar-refractivity contribution in [3.63, 3.8) is 0 Å². The number of halogens is 3. The number of anilines is 2. The molecule has 0 unspecified atom stereocenters. The molecule has 96 valence electrons. The van der Waals surface area contributed by atoms with Crippen molar-refractivity contribution in [2.24, 2.45) is 0 Å². The molecule has 0 amide bonds.